The Morgan fingerprint density at radius 3 is 2.75 bits per heavy atom. The van der Waals surface area contributed by atoms with Gasteiger partial charge in [-0.2, -0.15) is 0 Å². The van der Waals surface area contributed by atoms with Gasteiger partial charge in [-0.3, -0.25) is 4.79 Å². The number of ether oxygens (including phenoxy) is 2. The van der Waals surface area contributed by atoms with Crippen molar-refractivity contribution in [2.45, 2.75) is 58.1 Å². The Bertz CT molecular complexity index is 636. The average Bonchev–Trinajstić information content (AvgIpc) is 2.93. The number of carbonyl (C=O) groups excluding carboxylic acids is 1. The number of fused-ring (bicyclic) bond motifs is 5. The van der Waals surface area contributed by atoms with Crippen LogP contribution < -0.4 is 0 Å². The fourth-order valence-electron chi connectivity index (χ4n) is 7.43. The molecule has 0 unspecified atom stereocenters. The first-order valence-corrected chi connectivity index (χ1v) is 11.0. The molecule has 0 aromatic rings. The number of methoxy groups -OCH3 is 1. The van der Waals surface area contributed by atoms with Crippen LogP contribution in [0.5, 0.6) is 0 Å². The maximum Gasteiger partial charge on any atom is 0.246 e. The van der Waals surface area contributed by atoms with Crippen molar-refractivity contribution in [1.82, 2.24) is 4.90 Å². The number of amides is 1. The van der Waals surface area contributed by atoms with Crippen molar-refractivity contribution in [3.05, 3.63) is 12.2 Å². The van der Waals surface area contributed by atoms with Gasteiger partial charge in [-0.05, 0) is 61.3 Å². The van der Waals surface area contributed by atoms with Gasteiger partial charge >= 0.3 is 0 Å². The van der Waals surface area contributed by atoms with Crippen molar-refractivity contribution in [1.29, 1.82) is 0 Å². The van der Waals surface area contributed by atoms with Crippen molar-refractivity contribution in [3.63, 3.8) is 0 Å². The Morgan fingerprint density at radius 1 is 1.21 bits per heavy atom. The molecule has 5 heteroatoms. The van der Waals surface area contributed by atoms with E-state index >= 15 is 0 Å². The standard InChI is InChI=1S/C23H37NO4/c1-22-10-8-20(25)24(3)19(22)6-5-16-17(22)7-9-23(2)18(16)13-15(21(23)26)14-28-12-11-27-4/h8,10,15-19,21,26H,5-7,9,11-14H2,1-4H3/t15-,16+,17-,18-,19+,21-,22+,23-/m0/s1. The van der Waals surface area contributed by atoms with E-state index in [1.165, 1.54) is 6.42 Å². The molecule has 8 atom stereocenters. The number of rotatable bonds is 5. The first-order valence-electron chi connectivity index (χ1n) is 11.0. The molecule has 158 valence electrons. The predicted molar refractivity (Wildman–Crippen MR) is 108 cm³/mol. The van der Waals surface area contributed by atoms with Gasteiger partial charge in [0.05, 0.1) is 25.9 Å². The van der Waals surface area contributed by atoms with Crippen LogP contribution >= 0.6 is 0 Å². The summed E-state index contributed by atoms with van der Waals surface area (Å²) in [6.07, 6.45) is 9.25. The molecule has 1 amide bonds. The van der Waals surface area contributed by atoms with E-state index < -0.39 is 0 Å². The van der Waals surface area contributed by atoms with E-state index in [0.717, 1.165) is 25.7 Å². The smallest absolute Gasteiger partial charge is 0.246 e. The lowest BCUT2D eigenvalue weighted by Crippen LogP contribution is -2.59. The second-order valence-corrected chi connectivity index (χ2v) is 10.2. The van der Waals surface area contributed by atoms with E-state index in [9.17, 15) is 9.90 Å². The first-order chi connectivity index (χ1) is 13.3. The van der Waals surface area contributed by atoms with E-state index in [1.54, 1.807) is 13.2 Å². The normalized spacial score (nSPS) is 47.6. The molecule has 5 nitrogen and oxygen atoms in total. The van der Waals surface area contributed by atoms with E-state index in [4.69, 9.17) is 9.47 Å². The third-order valence-electron chi connectivity index (χ3n) is 9.01. The highest BCUT2D eigenvalue weighted by atomic mass is 16.5. The number of hydrogen-bond acceptors (Lipinski definition) is 4. The topological polar surface area (TPSA) is 59.0 Å². The number of carbonyl (C=O) groups is 1. The Labute approximate surface area is 169 Å². The van der Waals surface area contributed by atoms with Gasteiger partial charge in [0.1, 0.15) is 0 Å². The Morgan fingerprint density at radius 2 is 2.00 bits per heavy atom. The summed E-state index contributed by atoms with van der Waals surface area (Å²) < 4.78 is 10.9. The van der Waals surface area contributed by atoms with Gasteiger partial charge in [0.2, 0.25) is 5.91 Å². The SMILES string of the molecule is COCCOC[C@@H]1C[C@H]2[C@@H]3CC[C@H]4N(C)C(=O)C=C[C@]4(C)[C@H]3CC[C@]2(C)[C@H]1O. The predicted octanol–water partition coefficient (Wildman–Crippen LogP) is 2.88. The van der Waals surface area contributed by atoms with Crippen molar-refractivity contribution in [3.8, 4) is 0 Å². The molecule has 0 aromatic heterocycles. The minimum Gasteiger partial charge on any atom is -0.392 e. The molecule has 4 aliphatic rings. The molecule has 3 aliphatic carbocycles. The first kappa shape index (κ1) is 20.4. The lowest BCUT2D eigenvalue weighted by atomic mass is 9.48. The van der Waals surface area contributed by atoms with Crippen LogP contribution in [0.15, 0.2) is 12.2 Å². The maximum atomic E-state index is 12.2. The Hall–Kier alpha value is -0.910. The summed E-state index contributed by atoms with van der Waals surface area (Å²) in [4.78, 5) is 14.2. The molecule has 3 fully saturated rings. The van der Waals surface area contributed by atoms with Gasteiger partial charge in [0, 0.05) is 31.5 Å². The molecule has 1 N–H and O–H groups in total. The Balaban J connectivity index is 1.53. The number of nitrogens with zero attached hydrogens (tertiary/aromatic N) is 1. The molecule has 3 saturated carbocycles. The lowest BCUT2D eigenvalue weighted by molar-refractivity contribution is -0.140. The monoisotopic (exact) mass is 391 g/mol. The van der Waals surface area contributed by atoms with Gasteiger partial charge in [-0.25, -0.2) is 0 Å². The highest BCUT2D eigenvalue weighted by Crippen LogP contribution is 2.64. The number of aliphatic hydroxyl groups excluding tert-OH is 1. The molecule has 1 aliphatic heterocycles. The number of likely N-dealkylation sites (N-methyl/N-ethyl adjacent to an activating group) is 1. The molecule has 0 aromatic carbocycles. The van der Waals surface area contributed by atoms with Crippen LogP contribution in [-0.4, -0.2) is 62.0 Å². The highest BCUT2D eigenvalue weighted by molar-refractivity contribution is 5.89. The lowest BCUT2D eigenvalue weighted by Gasteiger charge is -2.60. The molecule has 4 rings (SSSR count). The zero-order valence-corrected chi connectivity index (χ0v) is 17.9. The second-order valence-electron chi connectivity index (χ2n) is 10.2. The molecular formula is C23H37NO4. The molecule has 0 spiro atoms. The molecule has 1 heterocycles. The summed E-state index contributed by atoms with van der Waals surface area (Å²) >= 11 is 0. The van der Waals surface area contributed by atoms with Crippen molar-refractivity contribution >= 4 is 5.91 Å². The van der Waals surface area contributed by atoms with Crippen LogP contribution in [0.3, 0.4) is 0 Å². The van der Waals surface area contributed by atoms with Crippen LogP contribution in [0, 0.1) is 34.5 Å². The van der Waals surface area contributed by atoms with Gasteiger partial charge in [0.25, 0.3) is 0 Å². The van der Waals surface area contributed by atoms with E-state index in [1.807, 2.05) is 11.9 Å². The average molecular weight is 392 g/mol. The Kier molecular flexibility index (Phi) is 5.39. The van der Waals surface area contributed by atoms with E-state index in [2.05, 4.69) is 19.9 Å². The fraction of sp³-hybridized carbons (Fsp3) is 0.870. The fourth-order valence-corrected chi connectivity index (χ4v) is 7.43. The minimum atomic E-state index is -0.280. The van der Waals surface area contributed by atoms with Gasteiger partial charge < -0.3 is 19.5 Å². The highest BCUT2D eigenvalue weighted by Gasteiger charge is 2.62. The zero-order valence-electron chi connectivity index (χ0n) is 17.9. The summed E-state index contributed by atoms with van der Waals surface area (Å²) in [5.41, 5.74) is 0.0602. The van der Waals surface area contributed by atoms with Gasteiger partial charge in [-0.1, -0.05) is 19.9 Å². The third-order valence-corrected chi connectivity index (χ3v) is 9.01. The summed E-state index contributed by atoms with van der Waals surface area (Å²) in [6.45, 7) is 6.51. The second kappa shape index (κ2) is 7.41. The van der Waals surface area contributed by atoms with Gasteiger partial charge in [0.15, 0.2) is 0 Å². The summed E-state index contributed by atoms with van der Waals surface area (Å²) in [5.74, 6) is 2.14. The van der Waals surface area contributed by atoms with Crippen molar-refractivity contribution in [2.75, 3.05) is 34.0 Å². The minimum absolute atomic E-state index is 0.000249. The van der Waals surface area contributed by atoms with E-state index in [-0.39, 0.29) is 28.8 Å². The largest absolute Gasteiger partial charge is 0.392 e. The molecule has 0 bridgehead atoms. The summed E-state index contributed by atoms with van der Waals surface area (Å²) in [7, 11) is 3.65. The molecule has 28 heavy (non-hydrogen) atoms. The molecule has 0 saturated heterocycles. The van der Waals surface area contributed by atoms with Crippen molar-refractivity contribution in [2.24, 2.45) is 34.5 Å². The zero-order chi connectivity index (χ0) is 20.1. The van der Waals surface area contributed by atoms with E-state index in [0.29, 0.717) is 43.6 Å². The maximum absolute atomic E-state index is 12.2. The van der Waals surface area contributed by atoms with Crippen LogP contribution in [0.1, 0.15) is 46.0 Å². The molecule has 0 radical (unpaired) electrons. The van der Waals surface area contributed by atoms with Gasteiger partial charge in [-0.15, -0.1) is 0 Å². The molecular weight excluding hydrogens is 354 g/mol. The van der Waals surface area contributed by atoms with Crippen molar-refractivity contribution < 1.29 is 19.4 Å². The van der Waals surface area contributed by atoms with Crippen LogP contribution in [-0.2, 0) is 14.3 Å². The summed E-state index contributed by atoms with van der Waals surface area (Å²) in [6, 6.07) is 0.315. The summed E-state index contributed by atoms with van der Waals surface area (Å²) in [5, 5.41) is 11.2. The van der Waals surface area contributed by atoms with Crippen LogP contribution in [0.25, 0.3) is 0 Å². The van der Waals surface area contributed by atoms with Crippen LogP contribution in [0.4, 0.5) is 0 Å². The third kappa shape index (κ3) is 2.96. The quantitative estimate of drug-likeness (QED) is 0.732. The number of hydrogen-bond donors (Lipinski definition) is 1. The van der Waals surface area contributed by atoms with Crippen LogP contribution in [0.2, 0.25) is 0 Å². The number of aliphatic hydroxyl groups is 1.